The third-order valence-corrected chi connectivity index (χ3v) is 6.75. The molecule has 1 N–H and O–H groups in total. The number of benzene rings is 2. The molecular formula is C27H33N5O2S. The lowest BCUT2D eigenvalue weighted by Crippen LogP contribution is -2.33. The quantitative estimate of drug-likeness (QED) is 0.337. The van der Waals surface area contributed by atoms with Crippen molar-refractivity contribution in [3.05, 3.63) is 83.0 Å². The molecule has 1 aliphatic rings. The molecule has 1 amide bonds. The van der Waals surface area contributed by atoms with Crippen LogP contribution in [0.2, 0.25) is 0 Å². The first-order valence-corrected chi connectivity index (χ1v) is 13.1. The number of thioether (sulfide) groups is 1. The number of likely N-dealkylation sites (N-methyl/N-ethyl adjacent to an activating group) is 1. The molecule has 4 rings (SSSR count). The summed E-state index contributed by atoms with van der Waals surface area (Å²) in [6.45, 7) is 3.34. The van der Waals surface area contributed by atoms with Gasteiger partial charge < -0.3 is 19.9 Å². The Morgan fingerprint density at radius 3 is 2.54 bits per heavy atom. The first-order chi connectivity index (χ1) is 17.1. The van der Waals surface area contributed by atoms with E-state index in [0.717, 1.165) is 30.6 Å². The Kier molecular flexibility index (Phi) is 8.74. The first-order valence-electron chi connectivity index (χ1n) is 11.9. The lowest BCUT2D eigenvalue weighted by atomic mass is 10.1. The zero-order valence-electron chi connectivity index (χ0n) is 20.6. The van der Waals surface area contributed by atoms with E-state index in [-0.39, 0.29) is 12.0 Å². The van der Waals surface area contributed by atoms with Crippen LogP contribution in [0.4, 0.5) is 5.82 Å². The van der Waals surface area contributed by atoms with E-state index < -0.39 is 0 Å². The number of carbonyl (C=O) groups excluding carboxylic acids is 1. The molecule has 0 saturated carbocycles. The number of carbonyl (C=O) groups is 1. The second-order valence-corrected chi connectivity index (χ2v) is 9.43. The average Bonchev–Trinajstić information content (AvgIpc) is 3.02. The minimum absolute atomic E-state index is 0.0281. The van der Waals surface area contributed by atoms with Crippen LogP contribution in [0.25, 0.3) is 0 Å². The fourth-order valence-electron chi connectivity index (χ4n) is 4.14. The lowest BCUT2D eigenvalue weighted by molar-refractivity contribution is 0.0344. The van der Waals surface area contributed by atoms with Crippen molar-refractivity contribution in [2.75, 3.05) is 44.9 Å². The third kappa shape index (κ3) is 6.39. The van der Waals surface area contributed by atoms with Gasteiger partial charge in [0.2, 0.25) is 0 Å². The average molecular weight is 492 g/mol. The summed E-state index contributed by atoms with van der Waals surface area (Å²) in [5.74, 6) is 0.676. The highest BCUT2D eigenvalue weighted by atomic mass is 32.2. The first kappa shape index (κ1) is 25.2. The highest BCUT2D eigenvalue weighted by Crippen LogP contribution is 2.25. The molecule has 0 bridgehead atoms. The van der Waals surface area contributed by atoms with Gasteiger partial charge in [-0.3, -0.25) is 4.79 Å². The molecule has 1 aliphatic heterocycles. The standard InChI is InChI=1S/C27H33N5O2S/c1-28-14-13-24(22-7-5-4-6-8-22)34-19-21-11-9-20(10-12-21)18-32-16-15-31(2)25-23(26(32)33)17-29-27(30-25)35-3/h4-12,17,24,28H,13-16,18-19H2,1-3H3. The lowest BCUT2D eigenvalue weighted by Gasteiger charge is -2.21. The van der Waals surface area contributed by atoms with Crippen molar-refractivity contribution in [2.24, 2.45) is 0 Å². The van der Waals surface area contributed by atoms with Crippen LogP contribution in [0.15, 0.2) is 66.0 Å². The van der Waals surface area contributed by atoms with E-state index in [4.69, 9.17) is 4.74 Å². The molecule has 184 valence electrons. The van der Waals surface area contributed by atoms with Gasteiger partial charge in [0.15, 0.2) is 5.16 Å². The molecule has 1 unspecified atom stereocenters. The highest BCUT2D eigenvalue weighted by molar-refractivity contribution is 7.98. The monoisotopic (exact) mass is 491 g/mol. The second kappa shape index (κ2) is 12.2. The summed E-state index contributed by atoms with van der Waals surface area (Å²) >= 11 is 1.48. The Balaban J connectivity index is 1.40. The van der Waals surface area contributed by atoms with Gasteiger partial charge in [-0.15, -0.1) is 0 Å². The molecule has 8 heteroatoms. The smallest absolute Gasteiger partial charge is 0.259 e. The maximum absolute atomic E-state index is 13.2. The minimum atomic E-state index is -0.0281. The van der Waals surface area contributed by atoms with Gasteiger partial charge in [0.1, 0.15) is 11.4 Å². The van der Waals surface area contributed by atoms with Crippen LogP contribution in [-0.2, 0) is 17.9 Å². The number of ether oxygens (including phenoxy) is 1. The molecule has 0 fully saturated rings. The molecule has 0 aliphatic carbocycles. The van der Waals surface area contributed by atoms with Gasteiger partial charge in [0.05, 0.1) is 12.7 Å². The molecule has 0 spiro atoms. The molecular weight excluding hydrogens is 458 g/mol. The van der Waals surface area contributed by atoms with E-state index >= 15 is 0 Å². The number of fused-ring (bicyclic) bond motifs is 1. The number of nitrogens with zero attached hydrogens (tertiary/aromatic N) is 4. The summed E-state index contributed by atoms with van der Waals surface area (Å²) in [6.07, 6.45) is 4.55. The molecule has 2 heterocycles. The summed E-state index contributed by atoms with van der Waals surface area (Å²) in [6, 6.07) is 18.7. The normalized spacial score (nSPS) is 14.5. The van der Waals surface area contributed by atoms with Gasteiger partial charge in [0, 0.05) is 32.9 Å². The van der Waals surface area contributed by atoms with E-state index in [1.165, 1.54) is 17.3 Å². The summed E-state index contributed by atoms with van der Waals surface area (Å²) in [4.78, 5) is 26.0. The van der Waals surface area contributed by atoms with Gasteiger partial charge in [-0.05, 0) is 43.0 Å². The Hall–Kier alpha value is -2.94. The number of nitrogens with one attached hydrogen (secondary N) is 1. The zero-order valence-corrected chi connectivity index (χ0v) is 21.4. The van der Waals surface area contributed by atoms with Crippen LogP contribution >= 0.6 is 11.8 Å². The summed E-state index contributed by atoms with van der Waals surface area (Å²) in [5, 5.41) is 3.89. The number of amides is 1. The summed E-state index contributed by atoms with van der Waals surface area (Å²) in [5.41, 5.74) is 3.95. The van der Waals surface area contributed by atoms with Crippen molar-refractivity contribution in [2.45, 2.75) is 30.8 Å². The molecule has 2 aromatic carbocycles. The van der Waals surface area contributed by atoms with Crippen LogP contribution in [0.5, 0.6) is 0 Å². The Bertz CT molecular complexity index is 1110. The molecule has 0 radical (unpaired) electrons. The van der Waals surface area contributed by atoms with Crippen molar-refractivity contribution in [1.82, 2.24) is 20.2 Å². The van der Waals surface area contributed by atoms with Gasteiger partial charge >= 0.3 is 0 Å². The Morgan fingerprint density at radius 1 is 1.09 bits per heavy atom. The van der Waals surface area contributed by atoms with Gasteiger partial charge in [-0.25, -0.2) is 9.97 Å². The zero-order chi connectivity index (χ0) is 24.6. The minimum Gasteiger partial charge on any atom is -0.369 e. The number of aromatic nitrogens is 2. The number of rotatable bonds is 10. The number of anilines is 1. The SMILES string of the molecule is CNCCC(OCc1ccc(CN2CCN(C)c3nc(SC)ncc3C2=O)cc1)c1ccccc1. The molecule has 35 heavy (non-hydrogen) atoms. The Morgan fingerprint density at radius 2 is 1.83 bits per heavy atom. The molecule has 3 aromatic rings. The van der Waals surface area contributed by atoms with E-state index in [2.05, 4.69) is 51.7 Å². The Labute approximate surface area is 211 Å². The van der Waals surface area contributed by atoms with Gasteiger partial charge in [0.25, 0.3) is 5.91 Å². The summed E-state index contributed by atoms with van der Waals surface area (Å²) < 4.78 is 6.28. The maximum Gasteiger partial charge on any atom is 0.259 e. The fraction of sp³-hybridized carbons (Fsp3) is 0.370. The van der Waals surface area contributed by atoms with E-state index in [9.17, 15) is 4.79 Å². The number of hydrogen-bond acceptors (Lipinski definition) is 7. The van der Waals surface area contributed by atoms with E-state index in [1.54, 1.807) is 6.20 Å². The van der Waals surface area contributed by atoms with Crippen molar-refractivity contribution in [1.29, 1.82) is 0 Å². The van der Waals surface area contributed by atoms with Crippen LogP contribution in [0.3, 0.4) is 0 Å². The van der Waals surface area contributed by atoms with Crippen molar-refractivity contribution in [3.63, 3.8) is 0 Å². The molecule has 1 aromatic heterocycles. The topological polar surface area (TPSA) is 70.6 Å². The van der Waals surface area contributed by atoms with Crippen LogP contribution in [-0.4, -0.2) is 60.8 Å². The van der Waals surface area contributed by atoms with Crippen molar-refractivity contribution in [3.8, 4) is 0 Å². The van der Waals surface area contributed by atoms with Crippen LogP contribution in [0.1, 0.15) is 39.6 Å². The fourth-order valence-corrected chi connectivity index (χ4v) is 4.48. The van der Waals surface area contributed by atoms with E-state index in [1.807, 2.05) is 48.4 Å². The second-order valence-electron chi connectivity index (χ2n) is 8.66. The van der Waals surface area contributed by atoms with Crippen molar-refractivity contribution >= 4 is 23.5 Å². The van der Waals surface area contributed by atoms with Gasteiger partial charge in [-0.1, -0.05) is 66.4 Å². The maximum atomic E-state index is 13.2. The summed E-state index contributed by atoms with van der Waals surface area (Å²) in [7, 11) is 3.93. The molecule has 0 saturated heterocycles. The largest absolute Gasteiger partial charge is 0.369 e. The van der Waals surface area contributed by atoms with E-state index in [0.29, 0.717) is 36.2 Å². The third-order valence-electron chi connectivity index (χ3n) is 6.19. The van der Waals surface area contributed by atoms with Crippen LogP contribution < -0.4 is 10.2 Å². The highest BCUT2D eigenvalue weighted by Gasteiger charge is 2.27. The van der Waals surface area contributed by atoms with Crippen LogP contribution in [0, 0.1) is 0 Å². The number of hydrogen-bond donors (Lipinski definition) is 1. The van der Waals surface area contributed by atoms with Gasteiger partial charge in [-0.2, -0.15) is 0 Å². The van der Waals surface area contributed by atoms with Crippen molar-refractivity contribution < 1.29 is 9.53 Å². The molecule has 1 atom stereocenters. The molecule has 7 nitrogen and oxygen atoms in total. The predicted molar refractivity (Wildman–Crippen MR) is 141 cm³/mol. The predicted octanol–water partition coefficient (Wildman–Crippen LogP) is 4.16.